The van der Waals surface area contributed by atoms with Crippen LogP contribution in [0.1, 0.15) is 33.1 Å². The Balaban J connectivity index is 4.23. The summed E-state index contributed by atoms with van der Waals surface area (Å²) in [4.78, 5) is 0. The third-order valence-corrected chi connectivity index (χ3v) is 2.70. The summed E-state index contributed by atoms with van der Waals surface area (Å²) >= 11 is 0. The van der Waals surface area contributed by atoms with Gasteiger partial charge >= 0.3 is 0 Å². The average molecular weight is 220 g/mol. The highest BCUT2D eigenvalue weighted by atomic mass is 16.6. The molecule has 0 spiro atoms. The van der Waals surface area contributed by atoms with Gasteiger partial charge in [0.05, 0.1) is 0 Å². The highest BCUT2D eigenvalue weighted by Gasteiger charge is 2.32. The quantitative estimate of drug-likeness (QED) is 0.572. The Morgan fingerprint density at radius 3 is 2.47 bits per heavy atom. The number of rotatable bonds is 9. The summed E-state index contributed by atoms with van der Waals surface area (Å²) in [6, 6.07) is 0. The molecule has 0 aliphatic rings. The molecule has 15 heavy (non-hydrogen) atoms. The van der Waals surface area contributed by atoms with Crippen molar-refractivity contribution in [3.05, 3.63) is 0 Å². The lowest BCUT2D eigenvalue weighted by Gasteiger charge is -2.33. The van der Waals surface area contributed by atoms with Crippen LogP contribution in [0.4, 0.5) is 0 Å². The van der Waals surface area contributed by atoms with Gasteiger partial charge in [0.1, 0.15) is 0 Å². The molecule has 0 aliphatic carbocycles. The maximum atomic E-state index is 9.86. The molecule has 0 aromatic rings. The fourth-order valence-corrected chi connectivity index (χ4v) is 1.55. The lowest BCUT2D eigenvalue weighted by atomic mass is 9.81. The molecule has 0 rings (SSSR count). The SMILES string of the molecule is CCOC(O)C(C)(CCCO)CCOC. The molecule has 4 heteroatoms. The van der Waals surface area contributed by atoms with Gasteiger partial charge in [-0.3, -0.25) is 0 Å². The normalized spacial score (nSPS) is 17.4. The molecule has 92 valence electrons. The van der Waals surface area contributed by atoms with Crippen LogP contribution in [0, 0.1) is 5.41 Å². The molecule has 4 nitrogen and oxygen atoms in total. The first-order chi connectivity index (χ1) is 7.10. The summed E-state index contributed by atoms with van der Waals surface area (Å²) in [5.74, 6) is 0. The van der Waals surface area contributed by atoms with Gasteiger partial charge in [0, 0.05) is 32.3 Å². The number of methoxy groups -OCH3 is 1. The van der Waals surface area contributed by atoms with Crippen LogP contribution in [0.15, 0.2) is 0 Å². The summed E-state index contributed by atoms with van der Waals surface area (Å²) in [6.07, 6.45) is 1.34. The molecular formula is C11H24O4. The third-order valence-electron chi connectivity index (χ3n) is 2.70. The van der Waals surface area contributed by atoms with Gasteiger partial charge in [-0.1, -0.05) is 6.92 Å². The highest BCUT2D eigenvalue weighted by Crippen LogP contribution is 2.32. The second kappa shape index (κ2) is 8.05. The molecule has 2 unspecified atom stereocenters. The van der Waals surface area contributed by atoms with E-state index in [0.29, 0.717) is 19.6 Å². The maximum absolute atomic E-state index is 9.86. The standard InChI is InChI=1S/C11H24O4/c1-4-15-10(13)11(2,6-5-8-12)7-9-14-3/h10,12-13H,4-9H2,1-3H3. The Hall–Kier alpha value is -0.160. The van der Waals surface area contributed by atoms with E-state index in [4.69, 9.17) is 14.6 Å². The van der Waals surface area contributed by atoms with Crippen molar-refractivity contribution >= 4 is 0 Å². The lowest BCUT2D eigenvalue weighted by molar-refractivity contribution is -0.175. The molecule has 0 fully saturated rings. The average Bonchev–Trinajstić information content (AvgIpc) is 2.24. The molecule has 0 amide bonds. The molecule has 0 aromatic heterocycles. The van der Waals surface area contributed by atoms with Crippen LogP contribution in [-0.2, 0) is 9.47 Å². The van der Waals surface area contributed by atoms with Crippen LogP contribution in [0.5, 0.6) is 0 Å². The van der Waals surface area contributed by atoms with Crippen molar-refractivity contribution in [3.63, 3.8) is 0 Å². The smallest absolute Gasteiger partial charge is 0.159 e. The Bertz CT molecular complexity index is 142. The van der Waals surface area contributed by atoms with Crippen molar-refractivity contribution in [2.75, 3.05) is 26.9 Å². The molecule has 0 aromatic carbocycles. The Morgan fingerprint density at radius 1 is 1.33 bits per heavy atom. The van der Waals surface area contributed by atoms with Gasteiger partial charge in [0.15, 0.2) is 6.29 Å². The van der Waals surface area contributed by atoms with Crippen LogP contribution < -0.4 is 0 Å². The van der Waals surface area contributed by atoms with E-state index in [1.165, 1.54) is 0 Å². The van der Waals surface area contributed by atoms with E-state index in [0.717, 1.165) is 12.8 Å². The van der Waals surface area contributed by atoms with Crippen molar-refractivity contribution in [1.29, 1.82) is 0 Å². The minimum absolute atomic E-state index is 0.140. The minimum Gasteiger partial charge on any atom is -0.396 e. The van der Waals surface area contributed by atoms with E-state index in [1.54, 1.807) is 7.11 Å². The molecule has 0 bridgehead atoms. The summed E-state index contributed by atoms with van der Waals surface area (Å²) < 4.78 is 10.2. The zero-order chi connectivity index (χ0) is 11.7. The zero-order valence-electron chi connectivity index (χ0n) is 10.0. The van der Waals surface area contributed by atoms with Crippen LogP contribution in [0.2, 0.25) is 0 Å². The first kappa shape index (κ1) is 14.8. The van der Waals surface area contributed by atoms with E-state index in [1.807, 2.05) is 13.8 Å². The van der Waals surface area contributed by atoms with E-state index in [2.05, 4.69) is 0 Å². The van der Waals surface area contributed by atoms with Crippen molar-refractivity contribution in [1.82, 2.24) is 0 Å². The number of aliphatic hydroxyl groups is 2. The summed E-state index contributed by atoms with van der Waals surface area (Å²) in [5.41, 5.74) is -0.339. The van der Waals surface area contributed by atoms with Crippen LogP contribution in [0.3, 0.4) is 0 Å². The minimum atomic E-state index is -0.788. The molecule has 0 radical (unpaired) electrons. The molecule has 2 atom stereocenters. The topological polar surface area (TPSA) is 58.9 Å². The van der Waals surface area contributed by atoms with Gasteiger partial charge < -0.3 is 19.7 Å². The van der Waals surface area contributed by atoms with Crippen molar-refractivity contribution < 1.29 is 19.7 Å². The molecule has 0 aliphatic heterocycles. The third kappa shape index (κ3) is 5.47. The van der Waals surface area contributed by atoms with Crippen LogP contribution in [0.25, 0.3) is 0 Å². The van der Waals surface area contributed by atoms with E-state index in [9.17, 15) is 5.11 Å². The number of hydrogen-bond donors (Lipinski definition) is 2. The van der Waals surface area contributed by atoms with E-state index in [-0.39, 0.29) is 12.0 Å². The Kier molecular flexibility index (Phi) is 7.96. The van der Waals surface area contributed by atoms with Crippen molar-refractivity contribution in [3.8, 4) is 0 Å². The summed E-state index contributed by atoms with van der Waals surface area (Å²) in [5, 5.41) is 18.7. The summed E-state index contributed by atoms with van der Waals surface area (Å²) in [7, 11) is 1.64. The number of aliphatic hydroxyl groups excluding tert-OH is 2. The highest BCUT2D eigenvalue weighted by molar-refractivity contribution is 4.77. The predicted molar refractivity (Wildman–Crippen MR) is 58.6 cm³/mol. The molecule has 2 N–H and O–H groups in total. The maximum Gasteiger partial charge on any atom is 0.159 e. The molecule has 0 saturated heterocycles. The first-order valence-electron chi connectivity index (χ1n) is 5.50. The van der Waals surface area contributed by atoms with Crippen molar-refractivity contribution in [2.24, 2.45) is 5.41 Å². The van der Waals surface area contributed by atoms with Gasteiger partial charge in [-0.15, -0.1) is 0 Å². The number of ether oxygens (including phenoxy) is 2. The zero-order valence-corrected chi connectivity index (χ0v) is 10.0. The molecule has 0 saturated carbocycles. The van der Waals surface area contributed by atoms with E-state index >= 15 is 0 Å². The van der Waals surface area contributed by atoms with E-state index < -0.39 is 6.29 Å². The molecule has 0 heterocycles. The Morgan fingerprint density at radius 2 is 2.00 bits per heavy atom. The second-order valence-corrected chi connectivity index (χ2v) is 4.03. The van der Waals surface area contributed by atoms with Gasteiger partial charge in [-0.25, -0.2) is 0 Å². The van der Waals surface area contributed by atoms with Crippen molar-refractivity contribution in [2.45, 2.75) is 39.4 Å². The van der Waals surface area contributed by atoms with Gasteiger partial charge in [-0.2, -0.15) is 0 Å². The van der Waals surface area contributed by atoms with Gasteiger partial charge in [-0.05, 0) is 26.2 Å². The van der Waals surface area contributed by atoms with Gasteiger partial charge in [0.25, 0.3) is 0 Å². The van der Waals surface area contributed by atoms with Crippen LogP contribution >= 0.6 is 0 Å². The summed E-state index contributed by atoms with van der Waals surface area (Å²) in [6.45, 7) is 5.03. The first-order valence-corrected chi connectivity index (χ1v) is 5.50. The fraction of sp³-hybridized carbons (Fsp3) is 1.00. The van der Waals surface area contributed by atoms with Crippen LogP contribution in [-0.4, -0.2) is 43.4 Å². The number of hydrogen-bond acceptors (Lipinski definition) is 4. The van der Waals surface area contributed by atoms with Gasteiger partial charge in [0.2, 0.25) is 0 Å². The molecular weight excluding hydrogens is 196 g/mol. The largest absolute Gasteiger partial charge is 0.396 e. The lowest BCUT2D eigenvalue weighted by Crippen LogP contribution is -2.36. The second-order valence-electron chi connectivity index (χ2n) is 4.03. The predicted octanol–water partition coefficient (Wildman–Crippen LogP) is 1.16. The monoisotopic (exact) mass is 220 g/mol. The Labute approximate surface area is 92.2 Å². The fourth-order valence-electron chi connectivity index (χ4n) is 1.55.